The van der Waals surface area contributed by atoms with Gasteiger partial charge in [0.1, 0.15) is 11.5 Å². The van der Waals surface area contributed by atoms with Crippen LogP contribution in [0.15, 0.2) is 16.5 Å². The van der Waals surface area contributed by atoms with Crippen LogP contribution in [0.3, 0.4) is 0 Å². The summed E-state index contributed by atoms with van der Waals surface area (Å²) in [7, 11) is 0. The summed E-state index contributed by atoms with van der Waals surface area (Å²) < 4.78 is 5.78. The molecule has 0 radical (unpaired) electrons. The van der Waals surface area contributed by atoms with Crippen LogP contribution >= 0.6 is 0 Å². The molecule has 0 saturated carbocycles. The van der Waals surface area contributed by atoms with Crippen LogP contribution in [0.25, 0.3) is 0 Å². The van der Waals surface area contributed by atoms with Gasteiger partial charge in [-0.15, -0.1) is 0 Å². The van der Waals surface area contributed by atoms with Crippen molar-refractivity contribution in [2.75, 3.05) is 0 Å². The molecule has 1 saturated heterocycles. The molecule has 1 amide bonds. The number of furan rings is 1. The predicted molar refractivity (Wildman–Crippen MR) is 66.8 cm³/mol. The SMILES string of the molecule is CCc1ccc(C2CC(=O)NC2CC(C)C)o1. The minimum absolute atomic E-state index is 0.148. The fraction of sp³-hybridized carbons (Fsp3) is 0.643. The number of amides is 1. The molecule has 2 heterocycles. The molecule has 2 rings (SSSR count). The van der Waals surface area contributed by atoms with E-state index in [0.29, 0.717) is 12.3 Å². The van der Waals surface area contributed by atoms with Crippen LogP contribution in [0.4, 0.5) is 0 Å². The van der Waals surface area contributed by atoms with Crippen molar-refractivity contribution in [3.63, 3.8) is 0 Å². The molecular weight excluding hydrogens is 214 g/mol. The zero-order valence-electron chi connectivity index (χ0n) is 10.8. The molecule has 1 aliphatic heterocycles. The van der Waals surface area contributed by atoms with Gasteiger partial charge in [0.25, 0.3) is 0 Å². The zero-order valence-corrected chi connectivity index (χ0v) is 10.8. The summed E-state index contributed by atoms with van der Waals surface area (Å²) in [5.41, 5.74) is 0. The van der Waals surface area contributed by atoms with E-state index in [2.05, 4.69) is 26.1 Å². The van der Waals surface area contributed by atoms with E-state index in [9.17, 15) is 4.79 Å². The molecule has 2 unspecified atom stereocenters. The van der Waals surface area contributed by atoms with Crippen molar-refractivity contribution in [1.29, 1.82) is 0 Å². The van der Waals surface area contributed by atoms with E-state index in [4.69, 9.17) is 4.42 Å². The molecule has 0 aromatic carbocycles. The number of carbonyl (C=O) groups is 1. The molecule has 17 heavy (non-hydrogen) atoms. The Labute approximate surface area is 103 Å². The van der Waals surface area contributed by atoms with Crippen LogP contribution in [0.2, 0.25) is 0 Å². The molecule has 1 fully saturated rings. The first-order chi connectivity index (χ1) is 8.10. The summed E-state index contributed by atoms with van der Waals surface area (Å²) in [6.07, 6.45) is 2.48. The number of hydrogen-bond donors (Lipinski definition) is 1. The van der Waals surface area contributed by atoms with Crippen LogP contribution in [0, 0.1) is 5.92 Å². The molecular formula is C14H21NO2. The number of aryl methyl sites for hydroxylation is 1. The van der Waals surface area contributed by atoms with Gasteiger partial charge < -0.3 is 9.73 Å². The summed E-state index contributed by atoms with van der Waals surface area (Å²) >= 11 is 0. The fourth-order valence-electron chi connectivity index (χ4n) is 2.52. The first kappa shape index (κ1) is 12.2. The third-order valence-corrected chi connectivity index (χ3v) is 3.36. The van der Waals surface area contributed by atoms with Crippen LogP contribution < -0.4 is 5.32 Å². The van der Waals surface area contributed by atoms with Crippen molar-refractivity contribution < 1.29 is 9.21 Å². The second kappa shape index (κ2) is 4.94. The first-order valence-electron chi connectivity index (χ1n) is 6.48. The standard InChI is InChI=1S/C14H21NO2/c1-4-10-5-6-13(17-10)11-8-14(16)15-12(11)7-9(2)3/h5-6,9,11-12H,4,7-8H2,1-3H3,(H,15,16). The molecule has 0 bridgehead atoms. The highest BCUT2D eigenvalue weighted by molar-refractivity contribution is 5.80. The van der Waals surface area contributed by atoms with Gasteiger partial charge >= 0.3 is 0 Å². The average molecular weight is 235 g/mol. The summed E-state index contributed by atoms with van der Waals surface area (Å²) in [6.45, 7) is 6.44. The number of hydrogen-bond acceptors (Lipinski definition) is 2. The Hall–Kier alpha value is -1.25. The first-order valence-corrected chi connectivity index (χ1v) is 6.48. The Morgan fingerprint density at radius 3 is 2.82 bits per heavy atom. The van der Waals surface area contributed by atoms with Crippen molar-refractivity contribution >= 4 is 5.91 Å². The molecule has 1 aromatic rings. The lowest BCUT2D eigenvalue weighted by molar-refractivity contribution is -0.119. The maximum absolute atomic E-state index is 11.5. The molecule has 1 aliphatic rings. The van der Waals surface area contributed by atoms with Gasteiger partial charge in [0.05, 0.1) is 0 Å². The van der Waals surface area contributed by atoms with Crippen LogP contribution in [-0.2, 0) is 11.2 Å². The lowest BCUT2D eigenvalue weighted by Crippen LogP contribution is -2.29. The van der Waals surface area contributed by atoms with Gasteiger partial charge in [-0.1, -0.05) is 20.8 Å². The van der Waals surface area contributed by atoms with Crippen molar-refractivity contribution in [3.8, 4) is 0 Å². The van der Waals surface area contributed by atoms with Crippen LogP contribution in [0.1, 0.15) is 51.1 Å². The Bertz CT molecular complexity index is 395. The van der Waals surface area contributed by atoms with Gasteiger partial charge in [0, 0.05) is 24.8 Å². The molecule has 1 N–H and O–H groups in total. The van der Waals surface area contributed by atoms with Crippen LogP contribution in [0.5, 0.6) is 0 Å². The highest BCUT2D eigenvalue weighted by atomic mass is 16.3. The van der Waals surface area contributed by atoms with Gasteiger partial charge in [-0.2, -0.15) is 0 Å². The van der Waals surface area contributed by atoms with E-state index in [0.717, 1.165) is 24.4 Å². The maximum Gasteiger partial charge on any atom is 0.221 e. The molecule has 3 heteroatoms. The van der Waals surface area contributed by atoms with E-state index in [1.165, 1.54) is 0 Å². The highest BCUT2D eigenvalue weighted by Gasteiger charge is 2.35. The lowest BCUT2D eigenvalue weighted by atomic mass is 9.91. The Balaban J connectivity index is 2.14. The predicted octanol–water partition coefficient (Wildman–Crippen LogP) is 2.86. The molecule has 3 nitrogen and oxygen atoms in total. The van der Waals surface area contributed by atoms with Gasteiger partial charge in [0.15, 0.2) is 0 Å². The van der Waals surface area contributed by atoms with Crippen molar-refractivity contribution in [2.45, 2.75) is 52.0 Å². The lowest BCUT2D eigenvalue weighted by Gasteiger charge is -2.18. The third kappa shape index (κ3) is 2.71. The van der Waals surface area contributed by atoms with E-state index in [1.807, 2.05) is 12.1 Å². The second-order valence-corrected chi connectivity index (χ2v) is 5.27. The van der Waals surface area contributed by atoms with E-state index in [1.54, 1.807) is 0 Å². The normalized spacial score (nSPS) is 24.4. The van der Waals surface area contributed by atoms with Gasteiger partial charge in [-0.05, 0) is 24.5 Å². The maximum atomic E-state index is 11.5. The fourth-order valence-corrected chi connectivity index (χ4v) is 2.52. The largest absolute Gasteiger partial charge is 0.466 e. The van der Waals surface area contributed by atoms with Crippen molar-refractivity contribution in [1.82, 2.24) is 5.32 Å². The van der Waals surface area contributed by atoms with E-state index >= 15 is 0 Å². The summed E-state index contributed by atoms with van der Waals surface area (Å²) in [6, 6.07) is 4.28. The number of rotatable bonds is 4. The topological polar surface area (TPSA) is 42.2 Å². The quantitative estimate of drug-likeness (QED) is 0.872. The summed E-state index contributed by atoms with van der Waals surface area (Å²) in [4.78, 5) is 11.5. The summed E-state index contributed by atoms with van der Waals surface area (Å²) in [5, 5.41) is 3.06. The Morgan fingerprint density at radius 1 is 1.47 bits per heavy atom. The third-order valence-electron chi connectivity index (χ3n) is 3.36. The molecule has 0 aliphatic carbocycles. The molecule has 94 valence electrons. The van der Waals surface area contributed by atoms with Crippen LogP contribution in [-0.4, -0.2) is 11.9 Å². The second-order valence-electron chi connectivity index (χ2n) is 5.27. The summed E-state index contributed by atoms with van der Waals surface area (Å²) in [5.74, 6) is 2.91. The average Bonchev–Trinajstić information content (AvgIpc) is 2.83. The molecule has 0 spiro atoms. The molecule has 2 atom stereocenters. The molecule has 1 aromatic heterocycles. The Kier molecular flexibility index (Phi) is 3.55. The minimum atomic E-state index is 0.148. The monoisotopic (exact) mass is 235 g/mol. The van der Waals surface area contributed by atoms with Gasteiger partial charge in [-0.25, -0.2) is 0 Å². The zero-order chi connectivity index (χ0) is 12.4. The number of carbonyl (C=O) groups excluding carboxylic acids is 1. The van der Waals surface area contributed by atoms with E-state index in [-0.39, 0.29) is 17.9 Å². The van der Waals surface area contributed by atoms with Crippen molar-refractivity contribution in [2.24, 2.45) is 5.92 Å². The van der Waals surface area contributed by atoms with Crippen molar-refractivity contribution in [3.05, 3.63) is 23.7 Å². The van der Waals surface area contributed by atoms with Gasteiger partial charge in [-0.3, -0.25) is 4.79 Å². The van der Waals surface area contributed by atoms with E-state index < -0.39 is 0 Å². The highest BCUT2D eigenvalue weighted by Crippen LogP contribution is 2.32. The number of nitrogens with one attached hydrogen (secondary N) is 1. The van der Waals surface area contributed by atoms with Gasteiger partial charge in [0.2, 0.25) is 5.91 Å². The smallest absolute Gasteiger partial charge is 0.221 e. The minimum Gasteiger partial charge on any atom is -0.466 e. The Morgan fingerprint density at radius 2 is 2.24 bits per heavy atom.